The van der Waals surface area contributed by atoms with E-state index in [2.05, 4.69) is 27.2 Å². The van der Waals surface area contributed by atoms with E-state index in [9.17, 15) is 19.1 Å². The molecular weight excluding hydrogens is 753 g/mol. The molecule has 1 fully saturated rings. The molecule has 0 bridgehead atoms. The van der Waals surface area contributed by atoms with Gasteiger partial charge in [0.1, 0.15) is 35.1 Å². The lowest BCUT2D eigenvalue weighted by Gasteiger charge is -2.29. The lowest BCUT2D eigenvalue weighted by Crippen LogP contribution is -2.35. The molecule has 2 aromatic heterocycles. The number of fused-ring (bicyclic) bond motifs is 2. The van der Waals surface area contributed by atoms with Crippen LogP contribution in [-0.2, 0) is 0 Å². The van der Waals surface area contributed by atoms with Gasteiger partial charge in [-0.2, -0.15) is 0 Å². The number of carbonyl (C=O) groups is 2. The van der Waals surface area contributed by atoms with Gasteiger partial charge in [-0.15, -0.1) is 0 Å². The lowest BCUT2D eigenvalue weighted by atomic mass is 9.98. The number of anilines is 4. The molecule has 7 aromatic rings. The van der Waals surface area contributed by atoms with Gasteiger partial charge in [0.2, 0.25) is 0 Å². The SMILES string of the molecule is CN1CCC(Oc2ccc(NC(=O)c3cnc(N)c4cc(-c5cc(F)cc(N(CCO)C(=O)c6cnc(N)c7cc(-c8cccc(F)c8)ccc67)c5)ccc34)cc2)CC1. The summed E-state index contributed by atoms with van der Waals surface area (Å²) in [6.07, 6.45) is 4.84. The molecule has 11 nitrogen and oxygen atoms in total. The number of likely N-dealkylation sites (tertiary alicyclic amines) is 1. The number of benzene rings is 5. The Morgan fingerprint density at radius 1 is 0.763 bits per heavy atom. The van der Waals surface area contributed by atoms with Crippen molar-refractivity contribution in [3.8, 4) is 28.0 Å². The maximum atomic E-state index is 15.5. The largest absolute Gasteiger partial charge is 0.490 e. The van der Waals surface area contributed by atoms with Gasteiger partial charge >= 0.3 is 0 Å². The number of nitrogens with one attached hydrogen (secondary N) is 1. The summed E-state index contributed by atoms with van der Waals surface area (Å²) in [7, 11) is 2.10. The minimum absolute atomic E-state index is 0.155. The number of aliphatic hydroxyl groups excluding tert-OH is 1. The van der Waals surface area contributed by atoms with Gasteiger partial charge in [-0.3, -0.25) is 9.59 Å². The Bertz CT molecular complexity index is 2720. The Kier molecular flexibility index (Phi) is 10.9. The van der Waals surface area contributed by atoms with Crippen molar-refractivity contribution in [2.45, 2.75) is 18.9 Å². The summed E-state index contributed by atoms with van der Waals surface area (Å²) < 4.78 is 35.6. The number of aromatic nitrogens is 2. The van der Waals surface area contributed by atoms with Gasteiger partial charge in [0.05, 0.1) is 17.7 Å². The molecule has 5 aromatic carbocycles. The molecular formula is C46H41F2N7O4. The summed E-state index contributed by atoms with van der Waals surface area (Å²) in [6.45, 7) is 1.40. The lowest BCUT2D eigenvalue weighted by molar-refractivity contribution is 0.0981. The molecule has 13 heteroatoms. The number of nitrogen functional groups attached to an aromatic ring is 2. The molecule has 1 saturated heterocycles. The molecule has 1 aliphatic rings. The number of amides is 2. The van der Waals surface area contributed by atoms with Gasteiger partial charge in [-0.1, -0.05) is 36.4 Å². The fraction of sp³-hybridized carbons (Fsp3) is 0.174. The first kappa shape index (κ1) is 38.9. The highest BCUT2D eigenvalue weighted by Crippen LogP contribution is 2.35. The van der Waals surface area contributed by atoms with Crippen LogP contribution in [0.3, 0.4) is 0 Å². The Balaban J connectivity index is 1.06. The Hall–Kier alpha value is -6.96. The first-order valence-electron chi connectivity index (χ1n) is 19.2. The van der Waals surface area contributed by atoms with Crippen molar-refractivity contribution < 1.29 is 28.2 Å². The van der Waals surface area contributed by atoms with Crippen LogP contribution in [0.2, 0.25) is 0 Å². The van der Waals surface area contributed by atoms with E-state index in [-0.39, 0.29) is 41.4 Å². The van der Waals surface area contributed by atoms with Crippen molar-refractivity contribution in [1.82, 2.24) is 14.9 Å². The van der Waals surface area contributed by atoms with Crippen LogP contribution in [0.5, 0.6) is 5.75 Å². The average Bonchev–Trinajstić information content (AvgIpc) is 3.24. The molecule has 3 heterocycles. The summed E-state index contributed by atoms with van der Waals surface area (Å²) >= 11 is 0. The molecule has 1 aliphatic heterocycles. The van der Waals surface area contributed by atoms with E-state index in [1.165, 1.54) is 41.6 Å². The van der Waals surface area contributed by atoms with Crippen LogP contribution in [0, 0.1) is 11.6 Å². The molecule has 6 N–H and O–H groups in total. The first-order valence-corrected chi connectivity index (χ1v) is 19.2. The van der Waals surface area contributed by atoms with Crippen molar-refractivity contribution in [2.24, 2.45) is 0 Å². The van der Waals surface area contributed by atoms with Crippen molar-refractivity contribution >= 4 is 56.4 Å². The van der Waals surface area contributed by atoms with Gasteiger partial charge in [-0.05, 0) is 120 Å². The number of hydrogen-bond donors (Lipinski definition) is 4. The van der Waals surface area contributed by atoms with Gasteiger partial charge < -0.3 is 36.4 Å². The van der Waals surface area contributed by atoms with Crippen LogP contribution in [0.25, 0.3) is 43.8 Å². The average molecular weight is 794 g/mol. The minimum Gasteiger partial charge on any atom is -0.490 e. The number of ether oxygens (including phenoxy) is 1. The quantitative estimate of drug-likeness (QED) is 0.108. The molecule has 2 amide bonds. The fourth-order valence-corrected chi connectivity index (χ4v) is 7.51. The highest BCUT2D eigenvalue weighted by atomic mass is 19.1. The van der Waals surface area contributed by atoms with Gasteiger partial charge in [-0.25, -0.2) is 18.7 Å². The third kappa shape index (κ3) is 8.24. The van der Waals surface area contributed by atoms with Gasteiger partial charge in [0, 0.05) is 54.2 Å². The minimum atomic E-state index is -0.629. The summed E-state index contributed by atoms with van der Waals surface area (Å²) in [6, 6.07) is 27.9. The second kappa shape index (κ2) is 16.5. The smallest absolute Gasteiger partial charge is 0.260 e. The number of pyridine rings is 2. The van der Waals surface area contributed by atoms with Crippen LogP contribution in [0.1, 0.15) is 33.6 Å². The molecule has 0 unspecified atom stereocenters. The molecule has 0 spiro atoms. The van der Waals surface area contributed by atoms with Crippen molar-refractivity contribution in [2.75, 3.05) is 55.0 Å². The van der Waals surface area contributed by atoms with Crippen LogP contribution in [0.4, 0.5) is 31.8 Å². The van der Waals surface area contributed by atoms with Crippen LogP contribution < -0.4 is 26.4 Å². The maximum Gasteiger partial charge on any atom is 0.260 e. The van der Waals surface area contributed by atoms with E-state index in [0.717, 1.165) is 31.7 Å². The second-order valence-electron chi connectivity index (χ2n) is 14.6. The third-order valence-corrected chi connectivity index (χ3v) is 10.6. The number of hydrogen-bond acceptors (Lipinski definition) is 9. The highest BCUT2D eigenvalue weighted by molar-refractivity contribution is 6.16. The van der Waals surface area contributed by atoms with Crippen molar-refractivity contribution in [3.05, 3.63) is 138 Å². The zero-order chi connectivity index (χ0) is 41.2. The standard InChI is InChI=1S/C46H41F2N7O4/c1-54-15-13-36(14-16-54)59-35-9-7-33(8-10-35)53-45(57)41-25-51-43(49)39-23-29(6-11-37(39)41)30-20-32(48)24-34(21-30)55(17-18-56)46(58)42-26-52-44(50)40-22-28(5-12-38(40)42)27-3-2-4-31(47)19-27/h2-12,19-26,36,56H,13-18H2,1H3,(H2,49,51)(H2,50,52)(H,53,57). The molecule has 0 saturated carbocycles. The Morgan fingerprint density at radius 2 is 1.37 bits per heavy atom. The zero-order valence-corrected chi connectivity index (χ0v) is 32.2. The summed E-state index contributed by atoms with van der Waals surface area (Å²) in [5.74, 6) is -0.878. The summed E-state index contributed by atoms with van der Waals surface area (Å²) in [5.41, 5.74) is 16.1. The molecule has 0 radical (unpaired) electrons. The number of halogens is 2. The number of nitrogens with two attached hydrogens (primary N) is 2. The van der Waals surface area contributed by atoms with Crippen molar-refractivity contribution in [3.63, 3.8) is 0 Å². The van der Waals surface area contributed by atoms with Gasteiger partial charge in [0.15, 0.2) is 0 Å². The number of nitrogens with zero attached hydrogens (tertiary/aromatic N) is 4. The molecule has 0 aliphatic carbocycles. The normalized spacial score (nSPS) is 13.4. The summed E-state index contributed by atoms with van der Waals surface area (Å²) in [4.78, 5) is 40.0. The number of aliphatic hydroxyl groups is 1. The second-order valence-corrected chi connectivity index (χ2v) is 14.6. The predicted octanol–water partition coefficient (Wildman–Crippen LogP) is 7.92. The zero-order valence-electron chi connectivity index (χ0n) is 32.2. The van der Waals surface area contributed by atoms with E-state index in [1.54, 1.807) is 66.7 Å². The molecule has 298 valence electrons. The molecule has 59 heavy (non-hydrogen) atoms. The molecule has 0 atom stereocenters. The predicted molar refractivity (Wildman–Crippen MR) is 227 cm³/mol. The van der Waals surface area contributed by atoms with E-state index >= 15 is 4.39 Å². The summed E-state index contributed by atoms with van der Waals surface area (Å²) in [5, 5.41) is 15.0. The number of carbonyl (C=O) groups excluding carboxylic acids is 2. The number of piperidine rings is 1. The monoisotopic (exact) mass is 793 g/mol. The Labute approximate surface area is 338 Å². The van der Waals surface area contributed by atoms with Crippen LogP contribution >= 0.6 is 0 Å². The van der Waals surface area contributed by atoms with Crippen molar-refractivity contribution in [1.29, 1.82) is 0 Å². The molecule has 8 rings (SSSR count). The van der Waals surface area contributed by atoms with E-state index in [4.69, 9.17) is 16.2 Å². The highest BCUT2D eigenvalue weighted by Gasteiger charge is 2.24. The van der Waals surface area contributed by atoms with Crippen LogP contribution in [0.15, 0.2) is 116 Å². The first-order chi connectivity index (χ1) is 28.5. The number of rotatable bonds is 10. The van der Waals surface area contributed by atoms with Gasteiger partial charge in [0.25, 0.3) is 11.8 Å². The topological polar surface area (TPSA) is 160 Å². The fourth-order valence-electron chi connectivity index (χ4n) is 7.51. The van der Waals surface area contributed by atoms with E-state index in [0.29, 0.717) is 55.0 Å². The Morgan fingerprint density at radius 3 is 2.03 bits per heavy atom. The third-order valence-electron chi connectivity index (χ3n) is 10.6. The van der Waals surface area contributed by atoms with Crippen LogP contribution in [-0.4, -0.2) is 71.2 Å². The maximum absolute atomic E-state index is 15.5. The van der Waals surface area contributed by atoms with E-state index < -0.39 is 24.1 Å². The van der Waals surface area contributed by atoms with E-state index in [1.807, 2.05) is 12.1 Å².